The van der Waals surface area contributed by atoms with E-state index >= 15 is 0 Å². The SMILES string of the molecule is COC1CC2C(=O)N(c3ccccc3)C(=O)N(Cc3ccccc3Cl)C2CC1OC. The van der Waals surface area contributed by atoms with Crippen LogP contribution in [0.2, 0.25) is 5.02 Å². The van der Waals surface area contributed by atoms with Crippen molar-refractivity contribution in [3.8, 4) is 0 Å². The molecule has 0 radical (unpaired) electrons. The third kappa shape index (κ3) is 3.71. The third-order valence-electron chi connectivity index (χ3n) is 6.13. The number of hydrogen-bond acceptors (Lipinski definition) is 4. The molecule has 1 aliphatic carbocycles. The summed E-state index contributed by atoms with van der Waals surface area (Å²) in [5.74, 6) is -0.565. The van der Waals surface area contributed by atoms with Gasteiger partial charge in [-0.25, -0.2) is 9.69 Å². The minimum absolute atomic E-state index is 0.186. The summed E-state index contributed by atoms with van der Waals surface area (Å²) in [5, 5.41) is 0.596. The van der Waals surface area contributed by atoms with Crippen LogP contribution in [0.4, 0.5) is 10.5 Å². The molecule has 4 atom stereocenters. The fourth-order valence-corrected chi connectivity index (χ4v) is 4.75. The van der Waals surface area contributed by atoms with E-state index in [1.807, 2.05) is 42.5 Å². The molecule has 0 aromatic heterocycles. The lowest BCUT2D eigenvalue weighted by Crippen LogP contribution is -2.65. The van der Waals surface area contributed by atoms with Crippen molar-refractivity contribution in [1.82, 2.24) is 4.90 Å². The molecule has 1 saturated carbocycles. The quantitative estimate of drug-likeness (QED) is 0.718. The highest BCUT2D eigenvalue weighted by molar-refractivity contribution is 6.31. The number of rotatable bonds is 5. The summed E-state index contributed by atoms with van der Waals surface area (Å²) in [7, 11) is 3.27. The number of amides is 3. The van der Waals surface area contributed by atoms with Gasteiger partial charge in [0.1, 0.15) is 0 Å². The van der Waals surface area contributed by atoms with E-state index in [1.54, 1.807) is 31.3 Å². The summed E-state index contributed by atoms with van der Waals surface area (Å²) >= 11 is 6.39. The van der Waals surface area contributed by atoms with Crippen molar-refractivity contribution in [3.05, 3.63) is 65.2 Å². The van der Waals surface area contributed by atoms with Gasteiger partial charge in [-0.15, -0.1) is 0 Å². The number of anilines is 1. The Morgan fingerprint density at radius 3 is 2.23 bits per heavy atom. The van der Waals surface area contributed by atoms with Crippen LogP contribution >= 0.6 is 11.6 Å². The molecule has 1 saturated heterocycles. The first kappa shape index (κ1) is 20.8. The standard InChI is InChI=1S/C23H25ClN2O4/c1-29-20-12-17-19(13-21(20)30-2)25(14-15-8-6-7-11-18(15)24)23(28)26(22(17)27)16-9-4-3-5-10-16/h3-11,17,19-21H,12-14H2,1-2H3. The van der Waals surface area contributed by atoms with E-state index in [4.69, 9.17) is 21.1 Å². The van der Waals surface area contributed by atoms with Crippen molar-refractivity contribution in [2.75, 3.05) is 19.1 Å². The number of hydrogen-bond donors (Lipinski definition) is 0. The van der Waals surface area contributed by atoms with Gasteiger partial charge in [0, 0.05) is 31.8 Å². The number of urea groups is 1. The molecule has 1 aliphatic heterocycles. The molecule has 4 unspecified atom stereocenters. The lowest BCUT2D eigenvalue weighted by Gasteiger charge is -2.49. The number of ether oxygens (including phenoxy) is 2. The zero-order chi connectivity index (χ0) is 21.3. The van der Waals surface area contributed by atoms with Crippen molar-refractivity contribution in [1.29, 1.82) is 0 Å². The van der Waals surface area contributed by atoms with Crippen LogP contribution in [0.25, 0.3) is 0 Å². The smallest absolute Gasteiger partial charge is 0.331 e. The van der Waals surface area contributed by atoms with Gasteiger partial charge in [0.15, 0.2) is 0 Å². The second-order valence-electron chi connectivity index (χ2n) is 7.70. The zero-order valence-electron chi connectivity index (χ0n) is 17.0. The van der Waals surface area contributed by atoms with E-state index in [9.17, 15) is 9.59 Å². The molecule has 3 amide bonds. The minimum atomic E-state index is -0.373. The Hall–Kier alpha value is -2.41. The second kappa shape index (κ2) is 8.76. The Balaban J connectivity index is 1.74. The normalized spacial score (nSPS) is 26.6. The molecule has 4 rings (SSSR count). The van der Waals surface area contributed by atoms with Crippen LogP contribution in [0.15, 0.2) is 54.6 Å². The molecule has 0 bridgehead atoms. The van der Waals surface area contributed by atoms with Gasteiger partial charge in [-0.2, -0.15) is 0 Å². The monoisotopic (exact) mass is 428 g/mol. The first-order valence-electron chi connectivity index (χ1n) is 10.0. The van der Waals surface area contributed by atoms with E-state index < -0.39 is 0 Å². The summed E-state index contributed by atoms with van der Waals surface area (Å²) in [6, 6.07) is 15.9. The molecule has 158 valence electrons. The van der Waals surface area contributed by atoms with Crippen molar-refractivity contribution in [2.24, 2.45) is 5.92 Å². The highest BCUT2D eigenvalue weighted by atomic mass is 35.5. The number of imide groups is 1. The highest BCUT2D eigenvalue weighted by Gasteiger charge is 2.52. The van der Waals surface area contributed by atoms with Gasteiger partial charge in [-0.1, -0.05) is 48.0 Å². The average Bonchev–Trinajstić information content (AvgIpc) is 2.77. The Morgan fingerprint density at radius 2 is 1.57 bits per heavy atom. The van der Waals surface area contributed by atoms with Gasteiger partial charge in [0.05, 0.1) is 23.8 Å². The molecule has 0 N–H and O–H groups in total. The molecular weight excluding hydrogens is 404 g/mol. The van der Waals surface area contributed by atoms with Crippen LogP contribution < -0.4 is 4.90 Å². The number of carbonyl (C=O) groups is 2. The molecule has 2 aliphatic rings. The molecule has 2 aromatic rings. The van der Waals surface area contributed by atoms with Crippen LogP contribution in [0.5, 0.6) is 0 Å². The maximum atomic E-state index is 13.6. The number of benzene rings is 2. The Labute approximate surface area is 181 Å². The number of methoxy groups -OCH3 is 2. The molecule has 30 heavy (non-hydrogen) atoms. The van der Waals surface area contributed by atoms with Crippen molar-refractivity contribution >= 4 is 29.2 Å². The Kier molecular flexibility index (Phi) is 6.09. The molecule has 1 heterocycles. The summed E-state index contributed by atoms with van der Waals surface area (Å²) in [4.78, 5) is 30.1. The topological polar surface area (TPSA) is 59.1 Å². The summed E-state index contributed by atoms with van der Waals surface area (Å²) in [6.45, 7) is 0.324. The highest BCUT2D eigenvalue weighted by Crippen LogP contribution is 2.39. The predicted molar refractivity (Wildman–Crippen MR) is 114 cm³/mol. The molecule has 7 heteroatoms. The maximum absolute atomic E-state index is 13.6. The lowest BCUT2D eigenvalue weighted by molar-refractivity contribution is -0.137. The van der Waals surface area contributed by atoms with E-state index in [2.05, 4.69) is 0 Å². The largest absolute Gasteiger partial charge is 0.379 e. The predicted octanol–water partition coefficient (Wildman–Crippen LogP) is 4.12. The average molecular weight is 429 g/mol. The fraction of sp³-hybridized carbons (Fsp3) is 0.391. The van der Waals surface area contributed by atoms with Crippen LogP contribution in [0.3, 0.4) is 0 Å². The molecule has 6 nitrogen and oxygen atoms in total. The minimum Gasteiger partial charge on any atom is -0.379 e. The first-order valence-corrected chi connectivity index (χ1v) is 10.4. The number of nitrogens with zero attached hydrogens (tertiary/aromatic N) is 2. The van der Waals surface area contributed by atoms with Crippen LogP contribution in [0.1, 0.15) is 18.4 Å². The van der Waals surface area contributed by atoms with Gasteiger partial charge >= 0.3 is 6.03 Å². The van der Waals surface area contributed by atoms with E-state index in [0.717, 1.165) is 5.56 Å². The number of fused-ring (bicyclic) bond motifs is 1. The van der Waals surface area contributed by atoms with Crippen molar-refractivity contribution in [3.63, 3.8) is 0 Å². The van der Waals surface area contributed by atoms with Gasteiger partial charge in [0.2, 0.25) is 5.91 Å². The number of para-hydroxylation sites is 1. The van der Waals surface area contributed by atoms with Crippen LogP contribution in [-0.4, -0.2) is 49.3 Å². The van der Waals surface area contributed by atoms with E-state index in [0.29, 0.717) is 30.1 Å². The molecule has 2 fully saturated rings. The van der Waals surface area contributed by atoms with Gasteiger partial charge in [-0.05, 0) is 36.6 Å². The van der Waals surface area contributed by atoms with Gasteiger partial charge in [-0.3, -0.25) is 4.79 Å². The van der Waals surface area contributed by atoms with Crippen molar-refractivity contribution in [2.45, 2.75) is 37.6 Å². The molecule has 2 aromatic carbocycles. The summed E-state index contributed by atoms with van der Waals surface area (Å²) in [6.07, 6.45) is 0.639. The lowest BCUT2D eigenvalue weighted by atomic mass is 9.77. The third-order valence-corrected chi connectivity index (χ3v) is 6.50. The van der Waals surface area contributed by atoms with Crippen molar-refractivity contribution < 1.29 is 19.1 Å². The van der Waals surface area contributed by atoms with Crippen LogP contribution in [0, 0.1) is 5.92 Å². The van der Waals surface area contributed by atoms with Crippen LogP contribution in [-0.2, 0) is 20.8 Å². The maximum Gasteiger partial charge on any atom is 0.331 e. The van der Waals surface area contributed by atoms with E-state index in [-0.39, 0.29) is 36.1 Å². The molecule has 0 spiro atoms. The zero-order valence-corrected chi connectivity index (χ0v) is 17.8. The fourth-order valence-electron chi connectivity index (χ4n) is 4.56. The van der Waals surface area contributed by atoms with E-state index in [1.165, 1.54) is 4.90 Å². The first-order chi connectivity index (χ1) is 14.5. The summed E-state index contributed by atoms with van der Waals surface area (Å²) in [5.41, 5.74) is 1.41. The summed E-state index contributed by atoms with van der Waals surface area (Å²) < 4.78 is 11.2. The Morgan fingerprint density at radius 1 is 0.933 bits per heavy atom. The Bertz CT molecular complexity index is 922. The van der Waals surface area contributed by atoms with Gasteiger partial charge < -0.3 is 14.4 Å². The second-order valence-corrected chi connectivity index (χ2v) is 8.11. The van der Waals surface area contributed by atoms with Gasteiger partial charge in [0.25, 0.3) is 0 Å². The number of carbonyl (C=O) groups excluding carboxylic acids is 2. The molecular formula is C23H25ClN2O4. The number of halogens is 1.